The maximum atomic E-state index is 11.8. The minimum absolute atomic E-state index is 0.130. The van der Waals surface area contributed by atoms with Crippen LogP contribution in [0, 0.1) is 0 Å². The van der Waals surface area contributed by atoms with E-state index in [1.54, 1.807) is 6.07 Å². The van der Waals surface area contributed by atoms with Crippen molar-refractivity contribution in [1.29, 1.82) is 0 Å². The van der Waals surface area contributed by atoms with Crippen LogP contribution in [0.3, 0.4) is 0 Å². The van der Waals surface area contributed by atoms with Crippen molar-refractivity contribution in [2.45, 2.75) is 44.1 Å². The zero-order chi connectivity index (χ0) is 12.0. The van der Waals surface area contributed by atoms with Crippen molar-refractivity contribution in [1.82, 2.24) is 10.3 Å². The summed E-state index contributed by atoms with van der Waals surface area (Å²) in [6.07, 6.45) is 4.27. The molecule has 2 aliphatic rings. The quantitative estimate of drug-likeness (QED) is 0.825. The fourth-order valence-corrected chi connectivity index (χ4v) is 1.95. The average molecular weight is 232 g/mol. The second-order valence-corrected chi connectivity index (χ2v) is 5.42. The molecule has 1 amide bonds. The van der Waals surface area contributed by atoms with E-state index in [0.29, 0.717) is 0 Å². The molecule has 0 aliphatic heterocycles. The summed E-state index contributed by atoms with van der Waals surface area (Å²) in [6, 6.07) is 3.80. The molecule has 0 spiro atoms. The largest absolute Gasteiger partial charge is 0.349 e. The molecule has 1 heterocycles. The number of rotatable bonds is 3. The monoisotopic (exact) mass is 232 g/mol. The predicted molar refractivity (Wildman–Crippen MR) is 64.1 cm³/mol. The molecule has 2 N–H and O–H groups in total. The van der Waals surface area contributed by atoms with Crippen LogP contribution in [0.15, 0.2) is 16.9 Å². The van der Waals surface area contributed by atoms with Gasteiger partial charge >= 0.3 is 0 Å². The summed E-state index contributed by atoms with van der Waals surface area (Å²) in [4.78, 5) is 26.4. The summed E-state index contributed by atoms with van der Waals surface area (Å²) in [7, 11) is 0. The topological polar surface area (TPSA) is 62.0 Å². The van der Waals surface area contributed by atoms with Gasteiger partial charge in [-0.3, -0.25) is 9.59 Å². The van der Waals surface area contributed by atoms with Crippen molar-refractivity contribution >= 4 is 5.91 Å². The Morgan fingerprint density at radius 2 is 2.12 bits per heavy atom. The van der Waals surface area contributed by atoms with Gasteiger partial charge in [-0.2, -0.15) is 0 Å². The second kappa shape index (κ2) is 3.45. The van der Waals surface area contributed by atoms with Gasteiger partial charge in [0.15, 0.2) is 0 Å². The summed E-state index contributed by atoms with van der Waals surface area (Å²) in [6.45, 7) is 2.13. The predicted octanol–water partition coefficient (Wildman–Crippen LogP) is 1.32. The fourth-order valence-electron chi connectivity index (χ4n) is 1.95. The first kappa shape index (κ1) is 10.6. The lowest BCUT2D eigenvalue weighted by atomic mass is 10.0. The molecule has 3 rings (SSSR count). The maximum absolute atomic E-state index is 11.8. The Kier molecular flexibility index (Phi) is 2.15. The number of hydrogen-bond donors (Lipinski definition) is 2. The summed E-state index contributed by atoms with van der Waals surface area (Å²) in [5, 5.41) is 2.83. The lowest BCUT2D eigenvalue weighted by Crippen LogP contribution is -2.31. The van der Waals surface area contributed by atoms with Gasteiger partial charge in [-0.15, -0.1) is 0 Å². The van der Waals surface area contributed by atoms with E-state index in [0.717, 1.165) is 31.4 Å². The number of nitrogens with one attached hydrogen (secondary N) is 2. The molecule has 1 aromatic rings. The van der Waals surface area contributed by atoms with Crippen LogP contribution in [-0.2, 0) is 5.41 Å². The summed E-state index contributed by atoms with van der Waals surface area (Å²) in [5.41, 5.74) is 1.04. The Bertz CT molecular complexity index is 524. The molecule has 17 heavy (non-hydrogen) atoms. The van der Waals surface area contributed by atoms with E-state index in [9.17, 15) is 9.59 Å². The molecule has 2 aliphatic carbocycles. The normalized spacial score (nSPS) is 21.0. The van der Waals surface area contributed by atoms with Crippen LogP contribution in [0.2, 0.25) is 0 Å². The molecular formula is C13H16N2O2. The Hall–Kier alpha value is -1.58. The lowest BCUT2D eigenvalue weighted by molar-refractivity contribution is 0.0949. The van der Waals surface area contributed by atoms with Crippen molar-refractivity contribution in [3.63, 3.8) is 0 Å². The number of amides is 1. The van der Waals surface area contributed by atoms with Gasteiger partial charge in [-0.05, 0) is 37.8 Å². The van der Waals surface area contributed by atoms with Crippen molar-refractivity contribution in [2.75, 3.05) is 0 Å². The van der Waals surface area contributed by atoms with Gasteiger partial charge in [0.05, 0.1) is 0 Å². The molecule has 0 saturated heterocycles. The highest BCUT2D eigenvalue weighted by molar-refractivity contribution is 5.94. The number of pyridine rings is 1. The highest BCUT2D eigenvalue weighted by atomic mass is 16.2. The van der Waals surface area contributed by atoms with Gasteiger partial charge in [0.25, 0.3) is 11.5 Å². The van der Waals surface area contributed by atoms with Crippen LogP contribution < -0.4 is 10.9 Å². The van der Waals surface area contributed by atoms with Gasteiger partial charge in [-0.1, -0.05) is 6.92 Å². The standard InChI is InChI=1S/C13H16N2O2/c1-13(6-7-13)10-5-4-9(12(17)15-10)11(16)14-8-2-3-8/h4-5,8H,2-3,6-7H2,1H3,(H,14,16)(H,15,17). The van der Waals surface area contributed by atoms with Crippen LogP contribution in [0.1, 0.15) is 48.7 Å². The van der Waals surface area contributed by atoms with E-state index in [1.807, 2.05) is 6.07 Å². The third-order valence-electron chi connectivity index (χ3n) is 3.72. The summed E-state index contributed by atoms with van der Waals surface area (Å²) >= 11 is 0. The molecule has 1 aromatic heterocycles. The molecule has 4 heteroatoms. The molecule has 2 fully saturated rings. The minimum Gasteiger partial charge on any atom is -0.349 e. The van der Waals surface area contributed by atoms with Crippen molar-refractivity contribution in [2.24, 2.45) is 0 Å². The van der Waals surface area contributed by atoms with Gasteiger partial charge in [0.1, 0.15) is 5.56 Å². The zero-order valence-corrected chi connectivity index (χ0v) is 9.88. The first-order valence-electron chi connectivity index (χ1n) is 6.13. The van der Waals surface area contributed by atoms with Crippen molar-refractivity contribution < 1.29 is 4.79 Å². The number of carbonyl (C=O) groups excluding carboxylic acids is 1. The van der Waals surface area contributed by atoms with Crippen LogP contribution in [0.5, 0.6) is 0 Å². The molecule has 0 bridgehead atoms. The van der Waals surface area contributed by atoms with Crippen LogP contribution in [0.25, 0.3) is 0 Å². The number of carbonyl (C=O) groups is 1. The third-order valence-corrected chi connectivity index (χ3v) is 3.72. The average Bonchev–Trinajstić information content (AvgIpc) is 3.17. The third kappa shape index (κ3) is 1.99. The fraction of sp³-hybridized carbons (Fsp3) is 0.538. The highest BCUT2D eigenvalue weighted by Crippen LogP contribution is 2.46. The van der Waals surface area contributed by atoms with Crippen LogP contribution in [-0.4, -0.2) is 16.9 Å². The number of H-pyrrole nitrogens is 1. The zero-order valence-electron chi connectivity index (χ0n) is 9.88. The van der Waals surface area contributed by atoms with E-state index in [-0.39, 0.29) is 28.5 Å². The van der Waals surface area contributed by atoms with Gasteiger partial charge in [0.2, 0.25) is 0 Å². The summed E-state index contributed by atoms with van der Waals surface area (Å²) in [5.74, 6) is -0.249. The smallest absolute Gasteiger partial charge is 0.261 e. The Labute approximate surface area is 99.4 Å². The summed E-state index contributed by atoms with van der Waals surface area (Å²) < 4.78 is 0. The molecule has 2 saturated carbocycles. The SMILES string of the molecule is CC1(c2ccc(C(=O)NC3CC3)c(=O)[nH]2)CC1. The van der Waals surface area contributed by atoms with Crippen molar-refractivity contribution in [3.8, 4) is 0 Å². The van der Waals surface area contributed by atoms with E-state index in [1.165, 1.54) is 0 Å². The molecule has 0 unspecified atom stereocenters. The maximum Gasteiger partial charge on any atom is 0.261 e. The lowest BCUT2D eigenvalue weighted by Gasteiger charge is -2.09. The van der Waals surface area contributed by atoms with E-state index < -0.39 is 0 Å². The van der Waals surface area contributed by atoms with E-state index >= 15 is 0 Å². The highest BCUT2D eigenvalue weighted by Gasteiger charge is 2.40. The molecule has 0 radical (unpaired) electrons. The number of aromatic nitrogens is 1. The molecule has 0 atom stereocenters. The Morgan fingerprint density at radius 3 is 2.65 bits per heavy atom. The molecule has 0 aromatic carbocycles. The molecular weight excluding hydrogens is 216 g/mol. The van der Waals surface area contributed by atoms with Gasteiger partial charge in [0, 0.05) is 17.2 Å². The van der Waals surface area contributed by atoms with Gasteiger partial charge < -0.3 is 10.3 Å². The molecule has 90 valence electrons. The van der Waals surface area contributed by atoms with Crippen molar-refractivity contribution in [3.05, 3.63) is 33.7 Å². The Balaban J connectivity index is 1.85. The first-order valence-corrected chi connectivity index (χ1v) is 6.13. The number of hydrogen-bond acceptors (Lipinski definition) is 2. The van der Waals surface area contributed by atoms with Gasteiger partial charge in [-0.25, -0.2) is 0 Å². The molecule has 4 nitrogen and oxygen atoms in total. The van der Waals surface area contributed by atoms with Crippen LogP contribution in [0.4, 0.5) is 0 Å². The van der Waals surface area contributed by atoms with E-state index in [2.05, 4.69) is 17.2 Å². The minimum atomic E-state index is -0.270. The Morgan fingerprint density at radius 1 is 1.41 bits per heavy atom. The second-order valence-electron chi connectivity index (χ2n) is 5.42. The van der Waals surface area contributed by atoms with E-state index in [4.69, 9.17) is 0 Å². The first-order chi connectivity index (χ1) is 8.08. The number of aromatic amines is 1. The van der Waals surface area contributed by atoms with Crippen LogP contribution >= 0.6 is 0 Å².